The first-order chi connectivity index (χ1) is 18.5. The fourth-order valence-electron chi connectivity index (χ4n) is 4.75. The number of nitrogens with zero attached hydrogens (tertiary/aromatic N) is 3. The Morgan fingerprint density at radius 1 is 1.15 bits per heavy atom. The molecule has 0 aliphatic heterocycles. The Bertz CT molecular complexity index is 1600. The molecule has 1 aliphatic rings. The average molecular weight is 538 g/mol. The zero-order chi connectivity index (χ0) is 27.9. The number of imidazole rings is 1. The lowest BCUT2D eigenvalue weighted by Crippen LogP contribution is -2.30. The maximum Gasteiger partial charge on any atom is 0.418 e. The number of rotatable bonds is 7. The summed E-state index contributed by atoms with van der Waals surface area (Å²) in [6.45, 7) is 1.83. The number of pyridine rings is 1. The highest BCUT2D eigenvalue weighted by atomic mass is 19.4. The molecule has 1 atom stereocenters. The Balaban J connectivity index is 1.56. The predicted octanol–water partition coefficient (Wildman–Crippen LogP) is 5.76. The highest BCUT2D eigenvalue weighted by molar-refractivity contribution is 5.96. The molecule has 0 saturated heterocycles. The second-order valence-electron chi connectivity index (χ2n) is 9.97. The Labute approximate surface area is 222 Å². The Morgan fingerprint density at radius 3 is 2.56 bits per heavy atom. The number of amides is 1. The normalized spacial score (nSPS) is 14.3. The number of benzene rings is 2. The van der Waals surface area contributed by atoms with E-state index in [1.54, 1.807) is 59.8 Å². The van der Waals surface area contributed by atoms with Crippen molar-refractivity contribution in [3.05, 3.63) is 106 Å². The van der Waals surface area contributed by atoms with Crippen LogP contribution < -0.4 is 10.9 Å². The molecule has 0 bridgehead atoms. The second-order valence-corrected chi connectivity index (χ2v) is 9.97. The summed E-state index contributed by atoms with van der Waals surface area (Å²) >= 11 is 0. The summed E-state index contributed by atoms with van der Waals surface area (Å²) in [5.41, 5.74) is 1.13. The molecule has 39 heavy (non-hydrogen) atoms. The molecule has 1 fully saturated rings. The molecule has 2 aromatic carbocycles. The second kappa shape index (κ2) is 10.2. The Kier molecular flexibility index (Phi) is 6.88. The van der Waals surface area contributed by atoms with E-state index in [1.807, 2.05) is 0 Å². The van der Waals surface area contributed by atoms with Gasteiger partial charge in [0.2, 0.25) is 5.62 Å². The molecule has 2 heterocycles. The first kappa shape index (κ1) is 26.4. The third-order valence-electron chi connectivity index (χ3n) is 6.99. The minimum Gasteiger partial charge on any atom is -0.345 e. The van der Waals surface area contributed by atoms with Gasteiger partial charge in [0.1, 0.15) is 5.82 Å². The van der Waals surface area contributed by atoms with E-state index in [2.05, 4.69) is 10.3 Å². The predicted molar refractivity (Wildman–Crippen MR) is 137 cm³/mol. The molecular weight excluding hydrogens is 510 g/mol. The van der Waals surface area contributed by atoms with Crippen molar-refractivity contribution in [2.45, 2.75) is 38.5 Å². The zero-order valence-corrected chi connectivity index (χ0v) is 21.4. The van der Waals surface area contributed by atoms with E-state index in [-0.39, 0.29) is 46.8 Å². The SMILES string of the molecule is Cc1cc(C(NC(=O)c2cc(Cn3ccn(C)c3=N)cc(-c3ncccc3C(F)(F)F)c2)C2CC2)ccc1F. The first-order valence-corrected chi connectivity index (χ1v) is 12.5. The van der Waals surface area contributed by atoms with Crippen LogP contribution in [0.1, 0.15) is 51.5 Å². The van der Waals surface area contributed by atoms with Crippen LogP contribution in [0, 0.1) is 24.1 Å². The van der Waals surface area contributed by atoms with Crippen molar-refractivity contribution in [2.24, 2.45) is 13.0 Å². The largest absolute Gasteiger partial charge is 0.418 e. The van der Waals surface area contributed by atoms with Crippen LogP contribution in [0.15, 0.2) is 67.1 Å². The summed E-state index contributed by atoms with van der Waals surface area (Å²) in [4.78, 5) is 17.6. The van der Waals surface area contributed by atoms with Gasteiger partial charge in [0.15, 0.2) is 0 Å². The Hall–Kier alpha value is -4.21. The van der Waals surface area contributed by atoms with E-state index < -0.39 is 17.6 Å². The number of hydrogen-bond acceptors (Lipinski definition) is 3. The number of hydrogen-bond donors (Lipinski definition) is 2. The quantitative estimate of drug-likeness (QED) is 0.294. The third kappa shape index (κ3) is 5.64. The number of carbonyl (C=O) groups is 1. The van der Waals surface area contributed by atoms with Crippen LogP contribution in [0.5, 0.6) is 0 Å². The van der Waals surface area contributed by atoms with E-state index >= 15 is 0 Å². The van der Waals surface area contributed by atoms with Gasteiger partial charge in [-0.25, -0.2) is 4.39 Å². The van der Waals surface area contributed by atoms with Crippen LogP contribution >= 0.6 is 0 Å². The van der Waals surface area contributed by atoms with Gasteiger partial charge in [0, 0.05) is 36.8 Å². The average Bonchev–Trinajstić information content (AvgIpc) is 3.70. The molecule has 0 radical (unpaired) electrons. The summed E-state index contributed by atoms with van der Waals surface area (Å²) in [7, 11) is 1.72. The van der Waals surface area contributed by atoms with Crippen molar-refractivity contribution < 1.29 is 22.4 Å². The van der Waals surface area contributed by atoms with Crippen molar-refractivity contribution in [1.82, 2.24) is 19.4 Å². The van der Waals surface area contributed by atoms with Crippen LogP contribution in [0.2, 0.25) is 0 Å². The van der Waals surface area contributed by atoms with Gasteiger partial charge < -0.3 is 14.5 Å². The van der Waals surface area contributed by atoms with E-state index in [4.69, 9.17) is 5.41 Å². The molecule has 1 unspecified atom stereocenters. The topological polar surface area (TPSA) is 75.7 Å². The van der Waals surface area contributed by atoms with Gasteiger partial charge in [-0.15, -0.1) is 0 Å². The van der Waals surface area contributed by atoms with Crippen molar-refractivity contribution in [1.29, 1.82) is 5.41 Å². The van der Waals surface area contributed by atoms with Crippen molar-refractivity contribution in [3.63, 3.8) is 0 Å². The van der Waals surface area contributed by atoms with Crippen molar-refractivity contribution in [2.75, 3.05) is 0 Å². The van der Waals surface area contributed by atoms with Crippen molar-refractivity contribution >= 4 is 5.91 Å². The number of aromatic nitrogens is 3. The Morgan fingerprint density at radius 2 is 1.92 bits per heavy atom. The lowest BCUT2D eigenvalue weighted by molar-refractivity contribution is -0.137. The third-order valence-corrected chi connectivity index (χ3v) is 6.99. The van der Waals surface area contributed by atoms with Gasteiger partial charge in [-0.1, -0.05) is 12.1 Å². The molecule has 5 rings (SSSR count). The molecule has 6 nitrogen and oxygen atoms in total. The van der Waals surface area contributed by atoms with E-state index in [1.165, 1.54) is 24.4 Å². The van der Waals surface area contributed by atoms with E-state index in [0.717, 1.165) is 24.5 Å². The van der Waals surface area contributed by atoms with Gasteiger partial charge in [0.25, 0.3) is 5.91 Å². The summed E-state index contributed by atoms with van der Waals surface area (Å²) in [5, 5.41) is 11.3. The fraction of sp³-hybridized carbons (Fsp3) is 0.276. The van der Waals surface area contributed by atoms with Crippen LogP contribution in [0.3, 0.4) is 0 Å². The van der Waals surface area contributed by atoms with Gasteiger partial charge >= 0.3 is 6.18 Å². The van der Waals surface area contributed by atoms with Crippen LogP contribution in [0.4, 0.5) is 17.6 Å². The molecule has 1 saturated carbocycles. The standard InChI is InChI=1S/C29H27F4N5O/c1-17-12-20(7-8-24(17)30)25(19-5-6-19)36-27(39)22-14-18(16-38-11-10-37(2)28(38)34)13-21(15-22)26-23(29(31,32)33)4-3-9-35-26/h3-4,7-15,19,25,34H,5-6,16H2,1-2H3,(H,36,39). The van der Waals surface area contributed by atoms with E-state index in [9.17, 15) is 22.4 Å². The van der Waals surface area contributed by atoms with E-state index in [0.29, 0.717) is 11.1 Å². The summed E-state index contributed by atoms with van der Waals surface area (Å²) in [5.74, 6) is -0.592. The molecule has 1 amide bonds. The fourth-order valence-corrected chi connectivity index (χ4v) is 4.75. The van der Waals surface area contributed by atoms with Crippen LogP contribution in [-0.2, 0) is 19.8 Å². The molecular formula is C29H27F4N5O. The summed E-state index contributed by atoms with van der Waals surface area (Å²) in [6.07, 6.45) is 1.85. The van der Waals surface area contributed by atoms with Gasteiger partial charge in [-0.2, -0.15) is 13.2 Å². The smallest absolute Gasteiger partial charge is 0.345 e. The highest BCUT2D eigenvalue weighted by Crippen LogP contribution is 2.42. The van der Waals surface area contributed by atoms with Crippen molar-refractivity contribution in [3.8, 4) is 11.3 Å². The highest BCUT2D eigenvalue weighted by Gasteiger charge is 2.35. The molecule has 2 aromatic heterocycles. The minimum atomic E-state index is -4.64. The number of alkyl halides is 3. The maximum absolute atomic E-state index is 13.9. The van der Waals surface area contributed by atoms with Gasteiger partial charge in [0.05, 0.1) is 23.8 Å². The molecule has 4 aromatic rings. The molecule has 0 spiro atoms. The molecule has 1 aliphatic carbocycles. The monoisotopic (exact) mass is 537 g/mol. The van der Waals surface area contributed by atoms with Gasteiger partial charge in [-0.3, -0.25) is 15.2 Å². The molecule has 202 valence electrons. The number of aryl methyl sites for hydroxylation is 2. The zero-order valence-electron chi connectivity index (χ0n) is 21.4. The van der Waals surface area contributed by atoms with Gasteiger partial charge in [-0.05, 0) is 78.8 Å². The number of nitrogens with one attached hydrogen (secondary N) is 2. The summed E-state index contributed by atoms with van der Waals surface area (Å²) < 4.78 is 58.6. The number of halogens is 4. The summed E-state index contributed by atoms with van der Waals surface area (Å²) in [6, 6.07) is 11.2. The first-order valence-electron chi connectivity index (χ1n) is 12.5. The number of carbonyl (C=O) groups excluding carboxylic acids is 1. The molecule has 2 N–H and O–H groups in total. The lowest BCUT2D eigenvalue weighted by Gasteiger charge is -2.20. The minimum absolute atomic E-state index is 0.147. The molecule has 10 heteroatoms. The maximum atomic E-state index is 13.9. The lowest BCUT2D eigenvalue weighted by atomic mass is 9.97. The van der Waals surface area contributed by atoms with Crippen LogP contribution in [-0.4, -0.2) is 20.0 Å². The van der Waals surface area contributed by atoms with Crippen LogP contribution in [0.25, 0.3) is 11.3 Å².